The van der Waals surface area contributed by atoms with E-state index in [4.69, 9.17) is 9.47 Å². The Bertz CT molecular complexity index is 767. The second kappa shape index (κ2) is 8.49. The molecule has 0 radical (unpaired) electrons. The molecular formula is C18H20BrNO4S. The lowest BCUT2D eigenvalue weighted by molar-refractivity contribution is 0.0939. The van der Waals surface area contributed by atoms with E-state index < -0.39 is 10.8 Å². The van der Waals surface area contributed by atoms with Crippen LogP contribution in [-0.2, 0) is 10.8 Å². The van der Waals surface area contributed by atoms with Crippen molar-refractivity contribution in [2.24, 2.45) is 0 Å². The van der Waals surface area contributed by atoms with E-state index >= 15 is 0 Å². The van der Waals surface area contributed by atoms with E-state index in [0.29, 0.717) is 21.5 Å². The molecule has 0 fully saturated rings. The maximum Gasteiger partial charge on any atom is 0.252 e. The summed E-state index contributed by atoms with van der Waals surface area (Å²) in [4.78, 5) is 13.3. The molecule has 1 amide bonds. The number of rotatable bonds is 6. The van der Waals surface area contributed by atoms with Gasteiger partial charge in [0.05, 0.1) is 20.3 Å². The summed E-state index contributed by atoms with van der Waals surface area (Å²) in [6.45, 7) is 1.89. The Kier molecular flexibility index (Phi) is 6.61. The number of carbonyl (C=O) groups excluding carboxylic acids is 1. The molecule has 0 saturated carbocycles. The van der Waals surface area contributed by atoms with Crippen molar-refractivity contribution in [1.82, 2.24) is 5.32 Å². The molecule has 0 saturated heterocycles. The van der Waals surface area contributed by atoms with Crippen LogP contribution in [0.25, 0.3) is 0 Å². The van der Waals surface area contributed by atoms with Gasteiger partial charge in [-0.25, -0.2) is 0 Å². The molecule has 0 aliphatic carbocycles. The number of hydrogen-bond acceptors (Lipinski definition) is 4. The first-order valence-corrected chi connectivity index (χ1v) is 9.88. The van der Waals surface area contributed by atoms with Crippen LogP contribution in [0.4, 0.5) is 0 Å². The van der Waals surface area contributed by atoms with Gasteiger partial charge in [-0.3, -0.25) is 9.00 Å². The summed E-state index contributed by atoms with van der Waals surface area (Å²) in [7, 11) is 2.04. The highest BCUT2D eigenvalue weighted by molar-refractivity contribution is 9.10. The molecule has 7 heteroatoms. The van der Waals surface area contributed by atoms with E-state index in [2.05, 4.69) is 21.2 Å². The van der Waals surface area contributed by atoms with E-state index in [9.17, 15) is 9.00 Å². The number of nitrogens with one attached hydrogen (secondary N) is 1. The standard InChI is InChI=1S/C18H20BrNO4S/c1-11(12-5-7-14(8-6-12)25(4)22)20-18(21)13-9-15(23-2)17(19)16(10-13)24-3/h5-11H,1-4H3,(H,20,21)/t11-,25+/m0/s1. The summed E-state index contributed by atoms with van der Waals surface area (Å²) >= 11 is 3.38. The van der Waals surface area contributed by atoms with Gasteiger partial charge < -0.3 is 14.8 Å². The van der Waals surface area contributed by atoms with Gasteiger partial charge in [0.1, 0.15) is 16.0 Å². The zero-order valence-corrected chi connectivity index (χ0v) is 16.9. The van der Waals surface area contributed by atoms with Gasteiger partial charge in [0.25, 0.3) is 5.91 Å². The summed E-state index contributed by atoms with van der Waals surface area (Å²) in [6.07, 6.45) is 1.63. The Morgan fingerprint density at radius 3 is 2.08 bits per heavy atom. The molecule has 0 aliphatic rings. The molecule has 2 aromatic rings. The van der Waals surface area contributed by atoms with Crippen molar-refractivity contribution < 1.29 is 18.5 Å². The van der Waals surface area contributed by atoms with Crippen molar-refractivity contribution in [3.63, 3.8) is 0 Å². The largest absolute Gasteiger partial charge is 0.495 e. The average molecular weight is 426 g/mol. The normalized spacial score (nSPS) is 13.0. The predicted octanol–water partition coefficient (Wildman–Crippen LogP) is 3.69. The topological polar surface area (TPSA) is 64.6 Å². The van der Waals surface area contributed by atoms with E-state index in [1.54, 1.807) is 30.5 Å². The summed E-state index contributed by atoms with van der Waals surface area (Å²) in [5.41, 5.74) is 1.37. The van der Waals surface area contributed by atoms with Gasteiger partial charge in [0.2, 0.25) is 0 Å². The van der Waals surface area contributed by atoms with Gasteiger partial charge in [0.15, 0.2) is 0 Å². The highest BCUT2D eigenvalue weighted by Gasteiger charge is 2.17. The molecule has 0 heterocycles. The Labute approximate surface area is 158 Å². The quantitative estimate of drug-likeness (QED) is 0.765. The second-order valence-corrected chi connectivity index (χ2v) is 7.59. The molecule has 25 heavy (non-hydrogen) atoms. The Morgan fingerprint density at radius 2 is 1.64 bits per heavy atom. The van der Waals surface area contributed by atoms with Crippen LogP contribution in [0, 0.1) is 0 Å². The molecule has 5 nitrogen and oxygen atoms in total. The van der Waals surface area contributed by atoms with Crippen molar-refractivity contribution >= 4 is 32.6 Å². The summed E-state index contributed by atoms with van der Waals surface area (Å²) in [5.74, 6) is 0.804. The van der Waals surface area contributed by atoms with Crippen LogP contribution in [0.2, 0.25) is 0 Å². The lowest BCUT2D eigenvalue weighted by atomic mass is 10.1. The molecule has 0 aromatic heterocycles. The molecule has 134 valence electrons. The first-order valence-electron chi connectivity index (χ1n) is 7.53. The minimum Gasteiger partial charge on any atom is -0.495 e. The van der Waals surface area contributed by atoms with Crippen LogP contribution in [0.15, 0.2) is 45.8 Å². The maximum absolute atomic E-state index is 12.6. The van der Waals surface area contributed by atoms with Gasteiger partial charge in [0, 0.05) is 27.5 Å². The third-order valence-electron chi connectivity index (χ3n) is 3.77. The first kappa shape index (κ1) is 19.5. The lowest BCUT2D eigenvalue weighted by Gasteiger charge is -2.16. The van der Waals surface area contributed by atoms with Gasteiger partial charge in [-0.2, -0.15) is 0 Å². The molecule has 0 bridgehead atoms. The van der Waals surface area contributed by atoms with Crippen LogP contribution in [0.5, 0.6) is 11.5 Å². The van der Waals surface area contributed by atoms with E-state index in [0.717, 1.165) is 10.5 Å². The van der Waals surface area contributed by atoms with Crippen LogP contribution in [0.3, 0.4) is 0 Å². The molecule has 1 N–H and O–H groups in total. The number of halogens is 1. The van der Waals surface area contributed by atoms with E-state index in [-0.39, 0.29) is 11.9 Å². The third kappa shape index (κ3) is 4.61. The molecular weight excluding hydrogens is 406 g/mol. The molecule has 2 aromatic carbocycles. The van der Waals surface area contributed by atoms with Gasteiger partial charge in [-0.15, -0.1) is 0 Å². The molecule has 0 unspecified atom stereocenters. The monoisotopic (exact) mass is 425 g/mol. The van der Waals surface area contributed by atoms with Crippen LogP contribution in [0.1, 0.15) is 28.9 Å². The van der Waals surface area contributed by atoms with Crippen molar-refractivity contribution in [2.75, 3.05) is 20.5 Å². The highest BCUT2D eigenvalue weighted by Crippen LogP contribution is 2.35. The fourth-order valence-electron chi connectivity index (χ4n) is 2.31. The number of hydrogen-bond donors (Lipinski definition) is 1. The number of carbonyl (C=O) groups is 1. The average Bonchev–Trinajstić information content (AvgIpc) is 2.61. The molecule has 0 spiro atoms. The van der Waals surface area contributed by atoms with E-state index in [1.165, 1.54) is 14.2 Å². The minimum absolute atomic E-state index is 0.201. The zero-order chi connectivity index (χ0) is 18.6. The van der Waals surface area contributed by atoms with Crippen molar-refractivity contribution in [2.45, 2.75) is 17.9 Å². The number of amides is 1. The van der Waals surface area contributed by atoms with Crippen molar-refractivity contribution in [3.8, 4) is 11.5 Å². The van der Waals surface area contributed by atoms with E-state index in [1.807, 2.05) is 19.1 Å². The smallest absolute Gasteiger partial charge is 0.252 e. The third-order valence-corrected chi connectivity index (χ3v) is 5.49. The first-order chi connectivity index (χ1) is 11.9. The fraction of sp³-hybridized carbons (Fsp3) is 0.278. The predicted molar refractivity (Wildman–Crippen MR) is 102 cm³/mol. The Morgan fingerprint density at radius 1 is 1.12 bits per heavy atom. The van der Waals surface area contributed by atoms with Crippen LogP contribution in [-0.4, -0.2) is 30.6 Å². The summed E-state index contributed by atoms with van der Waals surface area (Å²) in [6, 6.07) is 10.4. The zero-order valence-electron chi connectivity index (χ0n) is 14.5. The number of benzene rings is 2. The Hall–Kier alpha value is -1.86. The molecule has 2 rings (SSSR count). The number of ether oxygens (including phenoxy) is 2. The second-order valence-electron chi connectivity index (χ2n) is 5.41. The minimum atomic E-state index is -1.02. The van der Waals surface area contributed by atoms with Gasteiger partial charge in [-0.05, 0) is 52.7 Å². The Balaban J connectivity index is 2.19. The SMILES string of the molecule is COc1cc(C(=O)N[C@@H](C)c2ccc([S@@](C)=O)cc2)cc(OC)c1Br. The maximum atomic E-state index is 12.6. The summed E-state index contributed by atoms with van der Waals surface area (Å²) in [5, 5.41) is 2.94. The van der Waals surface area contributed by atoms with Crippen molar-refractivity contribution in [1.29, 1.82) is 0 Å². The molecule has 0 aliphatic heterocycles. The molecule has 2 atom stereocenters. The number of methoxy groups -OCH3 is 2. The van der Waals surface area contributed by atoms with Crippen molar-refractivity contribution in [3.05, 3.63) is 52.0 Å². The van der Waals surface area contributed by atoms with Gasteiger partial charge >= 0.3 is 0 Å². The van der Waals surface area contributed by atoms with Crippen LogP contribution < -0.4 is 14.8 Å². The van der Waals surface area contributed by atoms with Gasteiger partial charge in [-0.1, -0.05) is 12.1 Å². The lowest BCUT2D eigenvalue weighted by Crippen LogP contribution is -2.26. The summed E-state index contributed by atoms with van der Waals surface area (Å²) < 4.78 is 22.6. The fourth-order valence-corrected chi connectivity index (χ4v) is 3.38. The van der Waals surface area contributed by atoms with Crippen LogP contribution >= 0.6 is 15.9 Å². The highest BCUT2D eigenvalue weighted by atomic mass is 79.9.